The highest BCUT2D eigenvalue weighted by atomic mass is 32.1. The van der Waals surface area contributed by atoms with Crippen molar-refractivity contribution < 1.29 is 32.6 Å². The number of pyridine rings is 1. The van der Waals surface area contributed by atoms with Gasteiger partial charge >= 0.3 is 0 Å². The van der Waals surface area contributed by atoms with Crippen molar-refractivity contribution >= 4 is 41.0 Å². The maximum Gasteiger partial charge on any atom is 0.240 e. The van der Waals surface area contributed by atoms with Gasteiger partial charge < -0.3 is 25.3 Å². The number of hydrogen-bond acceptors (Lipinski definition) is 7. The van der Waals surface area contributed by atoms with Crippen LogP contribution in [0, 0.1) is 17.0 Å². The quantitative estimate of drug-likeness (QED) is 0.0601. The topological polar surface area (TPSA) is 113 Å². The Morgan fingerprint density at radius 3 is 2.32 bits per heavy atom. The highest BCUT2D eigenvalue weighted by molar-refractivity contribution is 7.80. The second kappa shape index (κ2) is 15.5. The number of halogens is 2. The van der Waals surface area contributed by atoms with Gasteiger partial charge in [0.25, 0.3) is 0 Å². The monoisotopic (exact) mass is 663 g/mol. The Labute approximate surface area is 278 Å². The molecule has 2 atom stereocenters. The molecule has 2 amide bonds. The van der Waals surface area contributed by atoms with Crippen molar-refractivity contribution in [2.24, 2.45) is 11.1 Å². The number of aromatic nitrogens is 1. The van der Waals surface area contributed by atoms with Gasteiger partial charge in [0.1, 0.15) is 17.0 Å². The fourth-order valence-electron chi connectivity index (χ4n) is 5.78. The summed E-state index contributed by atoms with van der Waals surface area (Å²) in [6, 6.07) is 14.6. The number of rotatable bonds is 17. The van der Waals surface area contributed by atoms with E-state index in [1.165, 1.54) is 68.5 Å². The van der Waals surface area contributed by atoms with Gasteiger partial charge in [0.15, 0.2) is 23.1 Å². The molecule has 248 valence electrons. The number of amides is 2. The smallest absolute Gasteiger partial charge is 0.240 e. The molecule has 0 spiro atoms. The SMILES string of the molecule is COc1cc2c(Oc3ccc(C4CC4(C(N)=O)C(=O)Nc4ccc(F)cc4)cc3F)ccnc2cc1OCCCCCCCCCS. The first kappa shape index (κ1) is 34.0. The lowest BCUT2D eigenvalue weighted by Crippen LogP contribution is -2.37. The van der Waals surface area contributed by atoms with Gasteiger partial charge in [0.05, 0.1) is 19.2 Å². The zero-order chi connectivity index (χ0) is 33.4. The van der Waals surface area contributed by atoms with Crippen molar-refractivity contribution in [3.05, 3.63) is 84.1 Å². The van der Waals surface area contributed by atoms with Crippen LogP contribution >= 0.6 is 12.6 Å². The van der Waals surface area contributed by atoms with Crippen LogP contribution in [0.1, 0.15) is 62.8 Å². The van der Waals surface area contributed by atoms with Crippen molar-refractivity contribution in [2.45, 2.75) is 57.3 Å². The van der Waals surface area contributed by atoms with Crippen LogP contribution < -0.4 is 25.3 Å². The van der Waals surface area contributed by atoms with Gasteiger partial charge in [-0.3, -0.25) is 14.6 Å². The second-order valence-electron chi connectivity index (χ2n) is 11.7. The predicted molar refractivity (Wildman–Crippen MR) is 180 cm³/mol. The average Bonchev–Trinajstić information content (AvgIpc) is 3.83. The molecule has 0 saturated heterocycles. The van der Waals surface area contributed by atoms with E-state index in [1.54, 1.807) is 37.6 Å². The lowest BCUT2D eigenvalue weighted by molar-refractivity contribution is -0.132. The number of nitrogens with one attached hydrogen (secondary N) is 1. The third-order valence-electron chi connectivity index (χ3n) is 8.53. The number of hydrogen-bond donors (Lipinski definition) is 3. The van der Waals surface area contributed by atoms with E-state index in [4.69, 9.17) is 19.9 Å². The molecule has 1 heterocycles. The molecule has 1 aromatic heterocycles. The molecule has 4 aromatic rings. The minimum Gasteiger partial charge on any atom is -0.493 e. The fourth-order valence-corrected chi connectivity index (χ4v) is 6.00. The highest BCUT2D eigenvalue weighted by Crippen LogP contribution is 2.60. The Kier molecular flexibility index (Phi) is 11.2. The molecule has 1 saturated carbocycles. The largest absolute Gasteiger partial charge is 0.493 e. The van der Waals surface area contributed by atoms with E-state index < -0.39 is 34.8 Å². The Morgan fingerprint density at radius 1 is 0.915 bits per heavy atom. The number of methoxy groups -OCH3 is 1. The van der Waals surface area contributed by atoms with Gasteiger partial charge in [-0.1, -0.05) is 38.2 Å². The summed E-state index contributed by atoms with van der Waals surface area (Å²) in [4.78, 5) is 30.0. The molecule has 0 aliphatic heterocycles. The molecule has 1 fully saturated rings. The van der Waals surface area contributed by atoms with E-state index >= 15 is 4.39 Å². The van der Waals surface area contributed by atoms with Crippen molar-refractivity contribution in [3.63, 3.8) is 0 Å². The molecule has 1 aliphatic rings. The third kappa shape index (κ3) is 7.96. The van der Waals surface area contributed by atoms with Gasteiger partial charge in [-0.05, 0) is 79.1 Å². The van der Waals surface area contributed by atoms with Gasteiger partial charge in [-0.15, -0.1) is 0 Å². The first-order valence-electron chi connectivity index (χ1n) is 15.8. The highest BCUT2D eigenvalue weighted by Gasteiger charge is 2.65. The first-order chi connectivity index (χ1) is 22.8. The van der Waals surface area contributed by atoms with Crippen molar-refractivity contribution in [2.75, 3.05) is 24.8 Å². The van der Waals surface area contributed by atoms with E-state index in [9.17, 15) is 14.0 Å². The molecule has 2 unspecified atom stereocenters. The molecule has 47 heavy (non-hydrogen) atoms. The molecule has 1 aliphatic carbocycles. The second-order valence-corrected chi connectivity index (χ2v) is 12.2. The number of thiol groups is 1. The summed E-state index contributed by atoms with van der Waals surface area (Å²) in [6.45, 7) is 0.554. The van der Waals surface area contributed by atoms with Crippen LogP contribution in [0.2, 0.25) is 0 Å². The summed E-state index contributed by atoms with van der Waals surface area (Å²) < 4.78 is 46.3. The lowest BCUT2D eigenvalue weighted by atomic mass is 9.96. The Morgan fingerprint density at radius 2 is 1.64 bits per heavy atom. The van der Waals surface area contributed by atoms with Crippen LogP contribution in [-0.4, -0.2) is 36.3 Å². The average molecular weight is 664 g/mol. The summed E-state index contributed by atoms with van der Waals surface area (Å²) in [5.74, 6) is -0.879. The minimum absolute atomic E-state index is 0.0488. The molecule has 5 rings (SSSR count). The molecule has 0 bridgehead atoms. The maximum atomic E-state index is 15.4. The van der Waals surface area contributed by atoms with Crippen LogP contribution in [0.15, 0.2) is 66.9 Å². The third-order valence-corrected chi connectivity index (χ3v) is 8.85. The minimum atomic E-state index is -1.55. The number of primary amides is 1. The summed E-state index contributed by atoms with van der Waals surface area (Å²) in [5, 5.41) is 3.22. The van der Waals surface area contributed by atoms with Crippen LogP contribution in [0.4, 0.5) is 14.5 Å². The first-order valence-corrected chi connectivity index (χ1v) is 16.4. The fraction of sp³-hybridized carbons (Fsp3) is 0.361. The normalized spacial score (nSPS) is 16.9. The number of anilines is 1. The number of carbonyl (C=O) groups is 2. The van der Waals surface area contributed by atoms with Crippen molar-refractivity contribution in [3.8, 4) is 23.0 Å². The van der Waals surface area contributed by atoms with Gasteiger partial charge in [0, 0.05) is 29.3 Å². The number of unbranched alkanes of at least 4 members (excludes halogenated alkanes) is 6. The summed E-state index contributed by atoms with van der Waals surface area (Å²) in [5.41, 5.74) is 5.45. The number of benzene rings is 3. The molecule has 3 N–H and O–H groups in total. The van der Waals surface area contributed by atoms with E-state index in [2.05, 4.69) is 22.9 Å². The standard InChI is InChI=1S/C36H39F2N3O5S/c1-44-32-20-26-29(21-33(32)45-17-7-5-3-2-4-6-8-18-47)40-16-15-30(26)46-31-14-9-23(19-28(31)38)27-22-36(27,34(39)42)35(43)41-25-12-10-24(37)11-13-25/h9-16,19-21,27,47H,2-8,17-18,22H2,1H3,(H2,39,42)(H,41,43). The molecular formula is C36H39F2N3O5S. The van der Waals surface area contributed by atoms with Crippen molar-refractivity contribution in [1.29, 1.82) is 0 Å². The van der Waals surface area contributed by atoms with Gasteiger partial charge in [0.2, 0.25) is 11.8 Å². The van der Waals surface area contributed by atoms with E-state index in [-0.39, 0.29) is 12.2 Å². The zero-order valence-electron chi connectivity index (χ0n) is 26.3. The Balaban J connectivity index is 1.25. The molecule has 3 aromatic carbocycles. The van der Waals surface area contributed by atoms with Crippen LogP contribution in [0.25, 0.3) is 10.9 Å². The number of fused-ring (bicyclic) bond motifs is 1. The predicted octanol–water partition coefficient (Wildman–Crippen LogP) is 7.95. The Bertz CT molecular complexity index is 1720. The van der Waals surface area contributed by atoms with E-state index in [0.29, 0.717) is 46.0 Å². The molecule has 0 radical (unpaired) electrons. The summed E-state index contributed by atoms with van der Waals surface area (Å²) in [7, 11) is 1.55. The molecule has 11 heteroatoms. The summed E-state index contributed by atoms with van der Waals surface area (Å²) >= 11 is 4.25. The van der Waals surface area contributed by atoms with Crippen molar-refractivity contribution in [1.82, 2.24) is 4.98 Å². The molecular weight excluding hydrogens is 624 g/mol. The molecule has 8 nitrogen and oxygen atoms in total. The number of carbonyl (C=O) groups excluding carboxylic acids is 2. The lowest BCUT2D eigenvalue weighted by Gasteiger charge is -2.16. The zero-order valence-corrected chi connectivity index (χ0v) is 27.2. The number of nitrogens with zero attached hydrogens (tertiary/aromatic N) is 1. The van der Waals surface area contributed by atoms with E-state index in [1.807, 2.05) is 0 Å². The Hall–Kier alpha value is -4.38. The number of ether oxygens (including phenoxy) is 3. The maximum absolute atomic E-state index is 15.4. The van der Waals surface area contributed by atoms with Gasteiger partial charge in [-0.2, -0.15) is 12.6 Å². The summed E-state index contributed by atoms with van der Waals surface area (Å²) in [6.07, 6.45) is 9.72. The van der Waals surface area contributed by atoms with Crippen LogP contribution in [-0.2, 0) is 9.59 Å². The van der Waals surface area contributed by atoms with E-state index in [0.717, 1.165) is 18.6 Å². The number of nitrogens with two attached hydrogens (primary N) is 1. The van der Waals surface area contributed by atoms with Crippen LogP contribution in [0.5, 0.6) is 23.0 Å². The van der Waals surface area contributed by atoms with Gasteiger partial charge in [-0.25, -0.2) is 8.78 Å². The van der Waals surface area contributed by atoms with Crippen LogP contribution in [0.3, 0.4) is 0 Å².